The Hall–Kier alpha value is -1.61. The third-order valence-corrected chi connectivity index (χ3v) is 3.95. The Bertz CT molecular complexity index is 562. The molecule has 1 unspecified atom stereocenters. The van der Waals surface area contributed by atoms with E-state index in [1.165, 1.54) is 13.3 Å². The third kappa shape index (κ3) is 1.73. The van der Waals surface area contributed by atoms with Crippen LogP contribution in [0.25, 0.3) is 6.08 Å². The molecular weight excluding hydrogens is 264 g/mol. The first kappa shape index (κ1) is 13.4. The highest BCUT2D eigenvalue weighted by Crippen LogP contribution is 2.37. The molecule has 2 aliphatic rings. The van der Waals surface area contributed by atoms with Crippen molar-refractivity contribution in [1.82, 2.24) is 10.1 Å². The van der Waals surface area contributed by atoms with Crippen LogP contribution in [0.1, 0.15) is 18.7 Å². The van der Waals surface area contributed by atoms with Gasteiger partial charge in [0.25, 0.3) is 5.69 Å². The van der Waals surface area contributed by atoms with Crippen LogP contribution in [0.2, 0.25) is 0 Å². The van der Waals surface area contributed by atoms with E-state index >= 15 is 0 Å². The number of hydrogen-bond donors (Lipinski definition) is 4. The zero-order chi connectivity index (χ0) is 14.5. The van der Waals surface area contributed by atoms with Gasteiger partial charge in [0.1, 0.15) is 17.8 Å². The van der Waals surface area contributed by atoms with E-state index in [-0.39, 0.29) is 6.61 Å². The van der Waals surface area contributed by atoms with Gasteiger partial charge < -0.3 is 25.8 Å². The van der Waals surface area contributed by atoms with Crippen molar-refractivity contribution in [3.8, 4) is 0 Å². The maximum Gasteiger partial charge on any atom is 0.274 e. The van der Waals surface area contributed by atoms with Crippen molar-refractivity contribution in [1.29, 1.82) is 0 Å². The van der Waals surface area contributed by atoms with Crippen molar-refractivity contribution in [2.24, 2.45) is 0 Å². The SMILES string of the molecule is C[C@@]1(O)[C@H](O)[C@@H](CO)O[C@H]1C1C=Cc2c(N)ncn[n+]21. The quantitative estimate of drug-likeness (QED) is 0.453. The number of aromatic nitrogens is 3. The molecule has 1 fully saturated rings. The van der Waals surface area contributed by atoms with Crippen molar-refractivity contribution in [3.63, 3.8) is 0 Å². The zero-order valence-corrected chi connectivity index (χ0v) is 10.9. The van der Waals surface area contributed by atoms with Crippen molar-refractivity contribution in [2.45, 2.75) is 36.9 Å². The number of nitrogens with two attached hydrogens (primary N) is 1. The van der Waals surface area contributed by atoms with Crippen molar-refractivity contribution >= 4 is 11.9 Å². The van der Waals surface area contributed by atoms with Crippen molar-refractivity contribution < 1.29 is 24.7 Å². The number of aliphatic hydroxyl groups is 3. The highest BCUT2D eigenvalue weighted by molar-refractivity contribution is 5.55. The summed E-state index contributed by atoms with van der Waals surface area (Å²) >= 11 is 0. The summed E-state index contributed by atoms with van der Waals surface area (Å²) in [6, 6.07) is -0.420. The van der Waals surface area contributed by atoms with E-state index in [1.54, 1.807) is 16.8 Å². The molecule has 0 saturated carbocycles. The molecule has 3 rings (SSSR count). The summed E-state index contributed by atoms with van der Waals surface area (Å²) in [6.07, 6.45) is 2.11. The third-order valence-electron chi connectivity index (χ3n) is 3.95. The summed E-state index contributed by atoms with van der Waals surface area (Å²) in [5.74, 6) is 0.329. The smallest absolute Gasteiger partial charge is 0.274 e. The molecule has 5 atom stereocenters. The summed E-state index contributed by atoms with van der Waals surface area (Å²) in [5, 5.41) is 33.8. The van der Waals surface area contributed by atoms with Gasteiger partial charge in [0.05, 0.1) is 6.61 Å². The lowest BCUT2D eigenvalue weighted by Crippen LogP contribution is -2.56. The summed E-state index contributed by atoms with van der Waals surface area (Å²) in [7, 11) is 0. The Labute approximate surface area is 115 Å². The maximum absolute atomic E-state index is 10.5. The summed E-state index contributed by atoms with van der Waals surface area (Å²) in [4.78, 5) is 3.90. The van der Waals surface area contributed by atoms with E-state index < -0.39 is 30.0 Å². The van der Waals surface area contributed by atoms with E-state index in [2.05, 4.69) is 10.1 Å². The highest BCUT2D eigenvalue weighted by atomic mass is 16.6. The average molecular weight is 281 g/mol. The Morgan fingerprint density at radius 1 is 1.55 bits per heavy atom. The van der Waals surface area contributed by atoms with Crippen LogP contribution in [-0.2, 0) is 4.74 Å². The van der Waals surface area contributed by atoms with Gasteiger partial charge in [-0.3, -0.25) is 0 Å². The van der Waals surface area contributed by atoms with Gasteiger partial charge >= 0.3 is 0 Å². The predicted octanol–water partition coefficient (Wildman–Crippen LogP) is -2.21. The first-order valence-corrected chi connectivity index (χ1v) is 6.34. The Morgan fingerprint density at radius 2 is 2.30 bits per heavy atom. The van der Waals surface area contributed by atoms with E-state index in [1.807, 2.05) is 0 Å². The zero-order valence-electron chi connectivity index (χ0n) is 10.9. The fraction of sp³-hybridized carbons (Fsp3) is 0.583. The number of fused-ring (bicyclic) bond motifs is 1. The fourth-order valence-corrected chi connectivity index (χ4v) is 2.80. The van der Waals surface area contributed by atoms with Crippen LogP contribution in [0.15, 0.2) is 12.4 Å². The lowest BCUT2D eigenvalue weighted by atomic mass is 9.89. The first-order chi connectivity index (χ1) is 9.46. The molecule has 0 spiro atoms. The minimum atomic E-state index is -1.50. The number of nitrogen functional groups attached to an aromatic ring is 1. The molecule has 108 valence electrons. The van der Waals surface area contributed by atoms with E-state index in [4.69, 9.17) is 10.5 Å². The van der Waals surface area contributed by atoms with E-state index in [9.17, 15) is 15.3 Å². The van der Waals surface area contributed by atoms with E-state index in [0.717, 1.165) is 0 Å². The average Bonchev–Trinajstić information content (AvgIpc) is 2.92. The van der Waals surface area contributed by atoms with Gasteiger partial charge in [-0.1, -0.05) is 4.68 Å². The Balaban J connectivity index is 1.97. The molecule has 2 aliphatic heterocycles. The standard InChI is InChI=1S/C12H17N4O4/c1-12(19)9(18)8(4-17)20-10(12)6-2-3-7-11(13)14-5-15-16(6)7/h2-3,5-6,8-10,17-19H,4H2,1H3,(H2,13,14,15)/q+1/t6?,8-,9-,10+,12-/m1/s1. The van der Waals surface area contributed by atoms with Crippen LogP contribution < -0.4 is 10.4 Å². The molecular formula is C12H17N4O4+. The van der Waals surface area contributed by atoms with Gasteiger partial charge in [-0.05, 0) is 13.0 Å². The topological polar surface area (TPSA) is 126 Å². The number of rotatable bonds is 2. The van der Waals surface area contributed by atoms with Crippen LogP contribution in [0.4, 0.5) is 5.82 Å². The number of ether oxygens (including phenoxy) is 1. The first-order valence-electron chi connectivity index (χ1n) is 6.34. The van der Waals surface area contributed by atoms with Crippen LogP contribution in [-0.4, -0.2) is 55.9 Å². The number of hydrogen-bond acceptors (Lipinski definition) is 7. The normalized spacial score (nSPS) is 39.2. The molecule has 0 radical (unpaired) electrons. The predicted molar refractivity (Wildman–Crippen MR) is 67.1 cm³/mol. The van der Waals surface area contributed by atoms with Gasteiger partial charge in [0, 0.05) is 11.2 Å². The lowest BCUT2D eigenvalue weighted by Gasteiger charge is -2.26. The van der Waals surface area contributed by atoms with Gasteiger partial charge in [0.15, 0.2) is 12.4 Å². The largest absolute Gasteiger partial charge is 0.394 e. The number of nitrogens with zero attached hydrogens (tertiary/aromatic N) is 3. The minimum absolute atomic E-state index is 0.329. The second kappa shape index (κ2) is 4.45. The lowest BCUT2D eigenvalue weighted by molar-refractivity contribution is -0.772. The monoisotopic (exact) mass is 281 g/mol. The van der Waals surface area contributed by atoms with Crippen LogP contribution in [0.5, 0.6) is 0 Å². The minimum Gasteiger partial charge on any atom is -0.394 e. The van der Waals surface area contributed by atoms with Crippen molar-refractivity contribution in [2.75, 3.05) is 12.3 Å². The molecule has 0 bridgehead atoms. The molecule has 0 aromatic carbocycles. The molecule has 1 saturated heterocycles. The molecule has 0 amide bonds. The molecule has 5 N–H and O–H groups in total. The summed E-state index contributed by atoms with van der Waals surface area (Å²) < 4.78 is 7.19. The van der Waals surface area contributed by atoms with Crippen LogP contribution in [0, 0.1) is 0 Å². The van der Waals surface area contributed by atoms with Crippen LogP contribution in [0.3, 0.4) is 0 Å². The molecule has 8 heteroatoms. The van der Waals surface area contributed by atoms with Gasteiger partial charge in [-0.25, -0.2) is 4.98 Å². The van der Waals surface area contributed by atoms with Gasteiger partial charge in [-0.2, -0.15) is 0 Å². The molecule has 0 aliphatic carbocycles. The van der Waals surface area contributed by atoms with E-state index in [0.29, 0.717) is 11.5 Å². The number of aliphatic hydroxyl groups excluding tert-OH is 2. The Morgan fingerprint density at radius 3 is 2.95 bits per heavy atom. The molecule has 3 heterocycles. The molecule has 1 aromatic heterocycles. The second-order valence-electron chi connectivity index (χ2n) is 5.27. The highest BCUT2D eigenvalue weighted by Gasteiger charge is 2.58. The molecule has 1 aromatic rings. The van der Waals surface area contributed by atoms with Crippen LogP contribution >= 0.6 is 0 Å². The maximum atomic E-state index is 10.5. The summed E-state index contributed by atoms with van der Waals surface area (Å²) in [5.41, 5.74) is 4.89. The van der Waals surface area contributed by atoms with Gasteiger partial charge in [0.2, 0.25) is 11.9 Å². The molecule has 8 nitrogen and oxygen atoms in total. The summed E-state index contributed by atoms with van der Waals surface area (Å²) in [6.45, 7) is 1.11. The fourth-order valence-electron chi connectivity index (χ4n) is 2.80. The number of anilines is 1. The Kier molecular flexibility index (Phi) is 2.98. The second-order valence-corrected chi connectivity index (χ2v) is 5.27. The van der Waals surface area contributed by atoms with Crippen molar-refractivity contribution in [3.05, 3.63) is 18.1 Å². The van der Waals surface area contributed by atoms with Gasteiger partial charge in [-0.15, -0.1) is 0 Å². The molecule has 20 heavy (non-hydrogen) atoms.